The first-order chi connectivity index (χ1) is 15.0. The molecule has 3 aromatic carbocycles. The van der Waals surface area contributed by atoms with Gasteiger partial charge in [0.2, 0.25) is 5.91 Å². The first-order valence-corrected chi connectivity index (χ1v) is 11.2. The standard InChI is InChI=1S/C23H17BrFN3O2S/c24-16-10-11-20(18(25)12-16)26-21(29)14-31-23-27-19-9-5-4-8-17(19)22(30)28(23)13-15-6-2-1-3-7-15/h1-12H,13-14H2,(H,26,29). The van der Waals surface area contributed by atoms with E-state index in [4.69, 9.17) is 0 Å². The first kappa shape index (κ1) is 21.3. The number of nitrogens with zero attached hydrogens (tertiary/aromatic N) is 2. The van der Waals surface area contributed by atoms with Gasteiger partial charge in [0.15, 0.2) is 5.16 Å². The van der Waals surface area contributed by atoms with Gasteiger partial charge in [-0.25, -0.2) is 9.37 Å². The van der Waals surface area contributed by atoms with Gasteiger partial charge in [0.1, 0.15) is 5.82 Å². The summed E-state index contributed by atoms with van der Waals surface area (Å²) in [6.07, 6.45) is 0. The Hall–Kier alpha value is -2.97. The van der Waals surface area contributed by atoms with E-state index in [-0.39, 0.29) is 22.9 Å². The highest BCUT2D eigenvalue weighted by Crippen LogP contribution is 2.22. The van der Waals surface area contributed by atoms with E-state index in [1.807, 2.05) is 36.4 Å². The molecule has 0 aliphatic rings. The maximum Gasteiger partial charge on any atom is 0.262 e. The maximum absolute atomic E-state index is 14.0. The molecule has 1 aromatic heterocycles. The zero-order valence-electron chi connectivity index (χ0n) is 16.2. The van der Waals surface area contributed by atoms with Gasteiger partial charge in [-0.1, -0.05) is 70.2 Å². The minimum atomic E-state index is -0.530. The third-order valence-corrected chi connectivity index (χ3v) is 6.02. The molecule has 31 heavy (non-hydrogen) atoms. The van der Waals surface area contributed by atoms with Crippen LogP contribution in [-0.2, 0) is 11.3 Å². The Morgan fingerprint density at radius 2 is 1.81 bits per heavy atom. The molecule has 4 aromatic rings. The zero-order chi connectivity index (χ0) is 21.8. The van der Waals surface area contributed by atoms with Crippen LogP contribution in [0.5, 0.6) is 0 Å². The summed E-state index contributed by atoms with van der Waals surface area (Å²) < 4.78 is 16.1. The summed E-state index contributed by atoms with van der Waals surface area (Å²) >= 11 is 4.33. The van der Waals surface area contributed by atoms with Crippen molar-refractivity contribution in [2.24, 2.45) is 0 Å². The van der Waals surface area contributed by atoms with Gasteiger partial charge in [0.25, 0.3) is 5.56 Å². The van der Waals surface area contributed by atoms with Gasteiger partial charge in [-0.15, -0.1) is 0 Å². The van der Waals surface area contributed by atoms with Gasteiger partial charge < -0.3 is 5.32 Å². The summed E-state index contributed by atoms with van der Waals surface area (Å²) in [4.78, 5) is 30.1. The highest BCUT2D eigenvalue weighted by molar-refractivity contribution is 9.10. The van der Waals surface area contributed by atoms with Crippen molar-refractivity contribution in [2.75, 3.05) is 11.1 Å². The lowest BCUT2D eigenvalue weighted by Gasteiger charge is -2.13. The highest BCUT2D eigenvalue weighted by Gasteiger charge is 2.14. The SMILES string of the molecule is O=C(CSc1nc2ccccc2c(=O)n1Cc1ccccc1)Nc1ccc(Br)cc1F. The maximum atomic E-state index is 14.0. The second kappa shape index (κ2) is 9.45. The van der Waals surface area contributed by atoms with Crippen LogP contribution in [0.2, 0.25) is 0 Å². The molecule has 1 amide bonds. The number of amides is 1. The van der Waals surface area contributed by atoms with Crippen molar-refractivity contribution in [1.29, 1.82) is 0 Å². The molecule has 8 heteroatoms. The number of fused-ring (bicyclic) bond motifs is 1. The molecule has 0 fully saturated rings. The second-order valence-corrected chi connectivity index (χ2v) is 8.61. The Morgan fingerprint density at radius 1 is 1.06 bits per heavy atom. The largest absolute Gasteiger partial charge is 0.323 e. The number of thioether (sulfide) groups is 1. The molecule has 1 N–H and O–H groups in total. The molecule has 0 saturated carbocycles. The molecule has 0 unspecified atom stereocenters. The van der Waals surface area contributed by atoms with E-state index < -0.39 is 5.82 Å². The van der Waals surface area contributed by atoms with Crippen LogP contribution in [-0.4, -0.2) is 21.2 Å². The van der Waals surface area contributed by atoms with Crippen LogP contribution in [0.15, 0.2) is 87.2 Å². The number of carbonyl (C=O) groups excluding carboxylic acids is 1. The van der Waals surface area contributed by atoms with E-state index in [0.717, 1.165) is 17.3 Å². The lowest BCUT2D eigenvalue weighted by atomic mass is 10.2. The molecular formula is C23H17BrFN3O2S. The Bertz CT molecular complexity index is 1310. The van der Waals surface area contributed by atoms with Gasteiger partial charge in [0, 0.05) is 4.47 Å². The minimum absolute atomic E-state index is 0.0188. The molecule has 0 bridgehead atoms. The highest BCUT2D eigenvalue weighted by atomic mass is 79.9. The fourth-order valence-corrected chi connectivity index (χ4v) is 4.20. The van der Waals surface area contributed by atoms with Gasteiger partial charge in [-0.3, -0.25) is 14.2 Å². The van der Waals surface area contributed by atoms with E-state index in [1.54, 1.807) is 28.8 Å². The lowest BCUT2D eigenvalue weighted by Crippen LogP contribution is -2.25. The number of hydrogen-bond acceptors (Lipinski definition) is 4. The van der Waals surface area contributed by atoms with Crippen LogP contribution < -0.4 is 10.9 Å². The summed E-state index contributed by atoms with van der Waals surface area (Å²) in [6.45, 7) is 0.336. The van der Waals surface area contributed by atoms with Gasteiger partial charge in [0.05, 0.1) is 28.9 Å². The van der Waals surface area contributed by atoms with Crippen LogP contribution in [0.1, 0.15) is 5.56 Å². The number of para-hydroxylation sites is 1. The molecule has 0 saturated heterocycles. The monoisotopic (exact) mass is 497 g/mol. The van der Waals surface area contributed by atoms with Crippen molar-refractivity contribution < 1.29 is 9.18 Å². The van der Waals surface area contributed by atoms with Crippen LogP contribution in [0.25, 0.3) is 10.9 Å². The quantitative estimate of drug-likeness (QED) is 0.298. The van der Waals surface area contributed by atoms with Crippen molar-refractivity contribution >= 4 is 50.2 Å². The summed E-state index contributed by atoms with van der Waals surface area (Å²) in [7, 11) is 0. The second-order valence-electron chi connectivity index (χ2n) is 6.75. The van der Waals surface area contributed by atoms with E-state index in [0.29, 0.717) is 27.1 Å². The third-order valence-electron chi connectivity index (χ3n) is 4.55. The smallest absolute Gasteiger partial charge is 0.262 e. The summed E-state index contributed by atoms with van der Waals surface area (Å²) in [5, 5.41) is 3.51. The molecular weight excluding hydrogens is 481 g/mol. The van der Waals surface area contributed by atoms with Crippen LogP contribution in [0, 0.1) is 5.82 Å². The first-order valence-electron chi connectivity index (χ1n) is 9.42. The number of benzene rings is 3. The molecule has 156 valence electrons. The van der Waals surface area contributed by atoms with E-state index in [1.165, 1.54) is 12.1 Å². The Balaban J connectivity index is 1.60. The fraction of sp³-hybridized carbons (Fsp3) is 0.0870. The van der Waals surface area contributed by atoms with E-state index in [9.17, 15) is 14.0 Å². The number of aromatic nitrogens is 2. The predicted molar refractivity (Wildman–Crippen MR) is 125 cm³/mol. The minimum Gasteiger partial charge on any atom is -0.323 e. The normalized spacial score (nSPS) is 10.9. The number of nitrogens with one attached hydrogen (secondary N) is 1. The number of hydrogen-bond donors (Lipinski definition) is 1. The molecule has 0 spiro atoms. The van der Waals surface area contributed by atoms with Crippen molar-refractivity contribution in [3.05, 3.63) is 99.0 Å². The topological polar surface area (TPSA) is 64.0 Å². The predicted octanol–water partition coefficient (Wildman–Crippen LogP) is 5.08. The molecule has 4 rings (SSSR count). The number of rotatable bonds is 6. The summed E-state index contributed by atoms with van der Waals surface area (Å²) in [6, 6.07) is 21.1. The average molecular weight is 498 g/mol. The third kappa shape index (κ3) is 5.03. The van der Waals surface area contributed by atoms with E-state index in [2.05, 4.69) is 26.2 Å². The van der Waals surface area contributed by atoms with Gasteiger partial charge >= 0.3 is 0 Å². The Labute approximate surface area is 190 Å². The van der Waals surface area contributed by atoms with Gasteiger partial charge in [-0.05, 0) is 35.9 Å². The average Bonchev–Trinajstić information content (AvgIpc) is 2.77. The summed E-state index contributed by atoms with van der Waals surface area (Å²) in [5.74, 6) is -0.938. The van der Waals surface area contributed by atoms with Crippen LogP contribution in [0.4, 0.5) is 10.1 Å². The Morgan fingerprint density at radius 3 is 2.58 bits per heavy atom. The molecule has 5 nitrogen and oxygen atoms in total. The fourth-order valence-electron chi connectivity index (χ4n) is 3.07. The number of anilines is 1. The lowest BCUT2D eigenvalue weighted by molar-refractivity contribution is -0.113. The molecule has 0 aliphatic carbocycles. The molecule has 0 atom stereocenters. The molecule has 0 radical (unpaired) electrons. The molecule has 1 heterocycles. The number of carbonyl (C=O) groups is 1. The van der Waals surface area contributed by atoms with Crippen molar-refractivity contribution in [2.45, 2.75) is 11.7 Å². The van der Waals surface area contributed by atoms with Gasteiger partial charge in [-0.2, -0.15) is 0 Å². The Kier molecular flexibility index (Phi) is 6.48. The van der Waals surface area contributed by atoms with Crippen LogP contribution in [0.3, 0.4) is 0 Å². The van der Waals surface area contributed by atoms with Crippen LogP contribution >= 0.6 is 27.7 Å². The zero-order valence-corrected chi connectivity index (χ0v) is 18.6. The summed E-state index contributed by atoms with van der Waals surface area (Å²) in [5.41, 5.74) is 1.45. The van der Waals surface area contributed by atoms with Crippen molar-refractivity contribution in [1.82, 2.24) is 9.55 Å². The van der Waals surface area contributed by atoms with Crippen molar-refractivity contribution in [3.8, 4) is 0 Å². The molecule has 0 aliphatic heterocycles. The number of halogens is 2. The van der Waals surface area contributed by atoms with E-state index >= 15 is 0 Å². The van der Waals surface area contributed by atoms with Crippen molar-refractivity contribution in [3.63, 3.8) is 0 Å².